The van der Waals surface area contributed by atoms with Gasteiger partial charge in [0.1, 0.15) is 6.61 Å². The molecule has 44 heavy (non-hydrogen) atoms. The smallest absolute Gasteiger partial charge is 0.161 e. The molecule has 0 saturated heterocycles. The predicted octanol–water partition coefficient (Wildman–Crippen LogP) is 8.43. The molecule has 7 rings (SSSR count). The summed E-state index contributed by atoms with van der Waals surface area (Å²) >= 11 is 0. The summed E-state index contributed by atoms with van der Waals surface area (Å²) in [5.41, 5.74) is 6.92. The Morgan fingerprint density at radius 2 is 1.39 bits per heavy atom. The molecule has 0 aromatic heterocycles. The van der Waals surface area contributed by atoms with Crippen molar-refractivity contribution in [2.45, 2.75) is 64.5 Å². The molecule has 0 atom stereocenters. The summed E-state index contributed by atoms with van der Waals surface area (Å²) in [5.74, 6) is 1.19. The number of allylic oxidation sites excluding steroid dienone is 4. The predicted molar refractivity (Wildman–Crippen MR) is 172 cm³/mol. The highest BCUT2D eigenvalue weighted by molar-refractivity contribution is 6.06. The van der Waals surface area contributed by atoms with Crippen LogP contribution < -0.4 is 9.47 Å². The van der Waals surface area contributed by atoms with Crippen molar-refractivity contribution in [2.75, 3.05) is 6.61 Å². The number of ether oxygens (including phenoxy) is 2. The molecule has 0 N–H and O–H groups in total. The Bertz CT molecular complexity index is 1750. The highest BCUT2D eigenvalue weighted by Crippen LogP contribution is 2.50. The summed E-state index contributed by atoms with van der Waals surface area (Å²) in [5, 5.41) is 2.34. The number of rotatable bonds is 8. The minimum atomic E-state index is -0.390. The Morgan fingerprint density at radius 3 is 2.11 bits per heavy atom. The van der Waals surface area contributed by atoms with Crippen LogP contribution in [-0.2, 0) is 22.7 Å². The zero-order chi connectivity index (χ0) is 30.0. The molecule has 5 nitrogen and oxygen atoms in total. The van der Waals surface area contributed by atoms with Crippen LogP contribution in [0.2, 0.25) is 0 Å². The van der Waals surface area contributed by atoms with Gasteiger partial charge in [-0.1, -0.05) is 78.9 Å². The fourth-order valence-electron chi connectivity index (χ4n) is 7.17. The third-order valence-electron chi connectivity index (χ3n) is 9.13. The van der Waals surface area contributed by atoms with E-state index in [9.17, 15) is 9.59 Å². The van der Waals surface area contributed by atoms with E-state index in [0.29, 0.717) is 44.1 Å². The highest BCUT2D eigenvalue weighted by Gasteiger charge is 2.43. The molecule has 0 amide bonds. The van der Waals surface area contributed by atoms with E-state index in [2.05, 4.69) is 47.4 Å². The number of hydrogen-bond acceptors (Lipinski definition) is 5. The number of fused-ring (bicyclic) bond motifs is 1. The van der Waals surface area contributed by atoms with Crippen molar-refractivity contribution in [2.24, 2.45) is 0 Å². The first-order valence-electron chi connectivity index (χ1n) is 15.8. The SMILES string of the molecule is CCOc1cc(C2C3=C(CCCC3=O)N(Cc3ccccc3)C3=C2C(=O)CCC3)ccc1OCc1cccc2ccccc12. The second-order valence-electron chi connectivity index (χ2n) is 11.8. The van der Waals surface area contributed by atoms with Gasteiger partial charge in [0.25, 0.3) is 0 Å². The third-order valence-corrected chi connectivity index (χ3v) is 9.13. The molecule has 0 spiro atoms. The number of Topliss-reactive ketones (excluding diaryl/α,β-unsaturated/α-hetero) is 2. The average Bonchev–Trinajstić information content (AvgIpc) is 3.05. The summed E-state index contributed by atoms with van der Waals surface area (Å²) in [6.07, 6.45) is 4.35. The molecule has 5 heteroatoms. The first kappa shape index (κ1) is 28.1. The van der Waals surface area contributed by atoms with Gasteiger partial charge in [-0.05, 0) is 72.2 Å². The first-order chi connectivity index (χ1) is 21.6. The Labute approximate surface area is 258 Å². The minimum absolute atomic E-state index is 0.147. The molecule has 0 fully saturated rings. The van der Waals surface area contributed by atoms with Crippen LogP contribution in [0.4, 0.5) is 0 Å². The molecule has 1 heterocycles. The number of carbonyl (C=O) groups is 2. The van der Waals surface area contributed by atoms with Crippen molar-refractivity contribution in [3.8, 4) is 11.5 Å². The monoisotopic (exact) mass is 583 g/mol. The van der Waals surface area contributed by atoms with Crippen molar-refractivity contribution in [1.29, 1.82) is 0 Å². The zero-order valence-corrected chi connectivity index (χ0v) is 25.2. The van der Waals surface area contributed by atoms with Crippen molar-refractivity contribution in [1.82, 2.24) is 4.90 Å². The molecule has 0 unspecified atom stereocenters. The molecular formula is C39H37NO4. The number of benzene rings is 4. The Hall–Kier alpha value is -4.64. The Kier molecular flexibility index (Phi) is 7.78. The van der Waals surface area contributed by atoms with Crippen LogP contribution in [-0.4, -0.2) is 23.1 Å². The lowest BCUT2D eigenvalue weighted by Crippen LogP contribution is -2.38. The normalized spacial score (nSPS) is 17.2. The Balaban J connectivity index is 1.28. The summed E-state index contributed by atoms with van der Waals surface area (Å²) in [6, 6.07) is 30.9. The van der Waals surface area contributed by atoms with Gasteiger partial charge in [0.15, 0.2) is 23.1 Å². The van der Waals surface area contributed by atoms with Crippen molar-refractivity contribution in [3.05, 3.63) is 130 Å². The topological polar surface area (TPSA) is 55.8 Å². The van der Waals surface area contributed by atoms with Crippen LogP contribution in [0.25, 0.3) is 10.8 Å². The first-order valence-corrected chi connectivity index (χ1v) is 15.8. The van der Waals surface area contributed by atoms with E-state index >= 15 is 0 Å². The van der Waals surface area contributed by atoms with Gasteiger partial charge >= 0.3 is 0 Å². The van der Waals surface area contributed by atoms with E-state index in [1.807, 2.05) is 55.5 Å². The largest absolute Gasteiger partial charge is 0.490 e. The number of ketones is 2. The maximum Gasteiger partial charge on any atom is 0.161 e. The van der Waals surface area contributed by atoms with Crippen molar-refractivity contribution >= 4 is 22.3 Å². The van der Waals surface area contributed by atoms with Gasteiger partial charge in [-0.15, -0.1) is 0 Å². The lowest BCUT2D eigenvalue weighted by Gasteiger charge is -2.44. The van der Waals surface area contributed by atoms with Gasteiger partial charge in [-0.25, -0.2) is 0 Å². The van der Waals surface area contributed by atoms with Gasteiger partial charge < -0.3 is 14.4 Å². The van der Waals surface area contributed by atoms with Crippen LogP contribution in [0.3, 0.4) is 0 Å². The molecule has 4 aromatic carbocycles. The maximum absolute atomic E-state index is 13.8. The van der Waals surface area contributed by atoms with Gasteiger partial charge in [-0.3, -0.25) is 9.59 Å². The van der Waals surface area contributed by atoms with E-state index < -0.39 is 0 Å². The lowest BCUT2D eigenvalue weighted by atomic mass is 9.71. The van der Waals surface area contributed by atoms with Gasteiger partial charge in [0.2, 0.25) is 0 Å². The summed E-state index contributed by atoms with van der Waals surface area (Å²) in [6.45, 7) is 3.50. The zero-order valence-electron chi connectivity index (χ0n) is 25.2. The molecule has 222 valence electrons. The molecule has 3 aliphatic rings. The van der Waals surface area contributed by atoms with Gasteiger partial charge in [0, 0.05) is 47.8 Å². The molecule has 0 radical (unpaired) electrons. The summed E-state index contributed by atoms with van der Waals surface area (Å²) < 4.78 is 12.5. The summed E-state index contributed by atoms with van der Waals surface area (Å²) in [7, 11) is 0. The molecule has 0 saturated carbocycles. The van der Waals surface area contributed by atoms with E-state index in [1.54, 1.807) is 0 Å². The molecule has 1 aliphatic heterocycles. The van der Waals surface area contributed by atoms with Crippen LogP contribution in [0.1, 0.15) is 68.1 Å². The second-order valence-corrected chi connectivity index (χ2v) is 11.8. The van der Waals surface area contributed by atoms with Crippen LogP contribution in [0.15, 0.2) is 114 Å². The molecule has 2 aliphatic carbocycles. The molecule has 0 bridgehead atoms. The van der Waals surface area contributed by atoms with E-state index in [0.717, 1.165) is 64.7 Å². The summed E-state index contributed by atoms with van der Waals surface area (Å²) in [4.78, 5) is 29.8. The standard InChI is InChI=1S/C39H37NO4/c1-2-43-36-23-28(21-22-35(36)44-25-29-15-8-14-27-13-6-7-16-30(27)29)37-38-31(17-9-19-33(38)41)40(24-26-11-4-3-5-12-26)32-18-10-20-34(42)39(32)37/h3-8,11-16,21-23,37H,2,9-10,17-20,24-25H2,1H3. The second kappa shape index (κ2) is 12.2. The third kappa shape index (κ3) is 5.21. The average molecular weight is 584 g/mol. The lowest BCUT2D eigenvalue weighted by molar-refractivity contribution is -0.117. The van der Waals surface area contributed by atoms with Crippen molar-refractivity contribution < 1.29 is 19.1 Å². The fourth-order valence-corrected chi connectivity index (χ4v) is 7.17. The van der Waals surface area contributed by atoms with Crippen LogP contribution >= 0.6 is 0 Å². The van der Waals surface area contributed by atoms with Crippen molar-refractivity contribution in [3.63, 3.8) is 0 Å². The minimum Gasteiger partial charge on any atom is -0.490 e. The van der Waals surface area contributed by atoms with Crippen LogP contribution in [0.5, 0.6) is 11.5 Å². The Morgan fingerprint density at radius 1 is 0.705 bits per heavy atom. The maximum atomic E-state index is 13.8. The molecule has 4 aromatic rings. The van der Waals surface area contributed by atoms with Gasteiger partial charge in [-0.2, -0.15) is 0 Å². The van der Waals surface area contributed by atoms with E-state index in [4.69, 9.17) is 9.47 Å². The number of carbonyl (C=O) groups excluding carboxylic acids is 2. The van der Waals surface area contributed by atoms with E-state index in [-0.39, 0.29) is 17.5 Å². The number of nitrogens with zero attached hydrogens (tertiary/aromatic N) is 1. The fraction of sp³-hybridized carbons (Fsp3) is 0.282. The van der Waals surface area contributed by atoms with E-state index in [1.165, 1.54) is 10.9 Å². The quantitative estimate of drug-likeness (QED) is 0.208. The molecular weight excluding hydrogens is 546 g/mol. The number of hydrogen-bond donors (Lipinski definition) is 0. The van der Waals surface area contributed by atoms with Crippen LogP contribution in [0, 0.1) is 0 Å². The highest BCUT2D eigenvalue weighted by atomic mass is 16.5. The van der Waals surface area contributed by atoms with Gasteiger partial charge in [0.05, 0.1) is 6.61 Å².